The van der Waals surface area contributed by atoms with Crippen LogP contribution in [0.25, 0.3) is 0 Å². The second kappa shape index (κ2) is 7.89. The maximum atomic E-state index is 12.9. The van der Waals surface area contributed by atoms with Crippen molar-refractivity contribution in [3.8, 4) is 0 Å². The van der Waals surface area contributed by atoms with Gasteiger partial charge in [0.2, 0.25) is 0 Å². The lowest BCUT2D eigenvalue weighted by Crippen LogP contribution is -2.26. The van der Waals surface area contributed by atoms with Crippen LogP contribution in [-0.4, -0.2) is 23.0 Å². The van der Waals surface area contributed by atoms with E-state index in [1.807, 2.05) is 44.3 Å². The van der Waals surface area contributed by atoms with Gasteiger partial charge in [0.25, 0.3) is 5.91 Å². The molecule has 0 spiro atoms. The van der Waals surface area contributed by atoms with Crippen LogP contribution in [0.3, 0.4) is 0 Å². The fourth-order valence-corrected chi connectivity index (χ4v) is 4.34. The summed E-state index contributed by atoms with van der Waals surface area (Å²) in [7, 11) is 1.85. The number of nitrogens with zero attached hydrogens (tertiary/aromatic N) is 2. The molecule has 0 unspecified atom stereocenters. The summed E-state index contributed by atoms with van der Waals surface area (Å²) >= 11 is 3.28. The molecule has 1 aromatic carbocycles. The number of aryl methyl sites for hydroxylation is 2. The van der Waals surface area contributed by atoms with Gasteiger partial charge in [0.1, 0.15) is 5.76 Å². The SMILES string of the molecule is Cc1cc(CSc2ccccc2C(=O)N(C)Cc2sccc2C)on1. The quantitative estimate of drug-likeness (QED) is 0.576. The molecule has 0 aliphatic rings. The van der Waals surface area contributed by atoms with Gasteiger partial charge in [0.05, 0.1) is 23.6 Å². The first kappa shape index (κ1) is 17.8. The molecule has 0 atom stereocenters. The first-order chi connectivity index (χ1) is 12.0. The molecule has 0 saturated heterocycles. The van der Waals surface area contributed by atoms with Gasteiger partial charge >= 0.3 is 0 Å². The van der Waals surface area contributed by atoms with Crippen LogP contribution < -0.4 is 0 Å². The average molecular weight is 373 g/mol. The minimum Gasteiger partial charge on any atom is -0.360 e. The molecule has 6 heteroatoms. The van der Waals surface area contributed by atoms with Gasteiger partial charge in [0.15, 0.2) is 0 Å². The summed E-state index contributed by atoms with van der Waals surface area (Å²) in [4.78, 5) is 16.8. The van der Waals surface area contributed by atoms with Crippen LogP contribution in [0.4, 0.5) is 0 Å². The lowest BCUT2D eigenvalue weighted by molar-refractivity contribution is 0.0783. The van der Waals surface area contributed by atoms with Gasteiger partial charge in [-0.1, -0.05) is 17.3 Å². The number of hydrogen-bond donors (Lipinski definition) is 0. The van der Waals surface area contributed by atoms with E-state index in [-0.39, 0.29) is 5.91 Å². The van der Waals surface area contributed by atoms with Gasteiger partial charge in [-0.3, -0.25) is 4.79 Å². The largest absolute Gasteiger partial charge is 0.360 e. The van der Waals surface area contributed by atoms with Gasteiger partial charge in [-0.2, -0.15) is 0 Å². The minimum atomic E-state index is 0.0321. The number of carbonyl (C=O) groups excluding carboxylic acids is 1. The van der Waals surface area contributed by atoms with Crippen molar-refractivity contribution in [3.05, 3.63) is 69.2 Å². The van der Waals surface area contributed by atoms with E-state index < -0.39 is 0 Å². The Balaban J connectivity index is 1.72. The summed E-state index contributed by atoms with van der Waals surface area (Å²) in [6.07, 6.45) is 0. The molecule has 3 aromatic rings. The van der Waals surface area contributed by atoms with Crippen LogP contribution in [0.1, 0.15) is 32.3 Å². The predicted octanol–water partition coefficient (Wildman–Crippen LogP) is 4.92. The Bertz CT molecular complexity index is 870. The van der Waals surface area contributed by atoms with Crippen molar-refractivity contribution in [3.63, 3.8) is 0 Å². The Morgan fingerprint density at radius 1 is 1.28 bits per heavy atom. The Morgan fingerprint density at radius 2 is 2.08 bits per heavy atom. The molecule has 0 saturated carbocycles. The van der Waals surface area contributed by atoms with Gasteiger partial charge in [-0.05, 0) is 43.0 Å². The van der Waals surface area contributed by atoms with Crippen LogP contribution in [0.5, 0.6) is 0 Å². The van der Waals surface area contributed by atoms with E-state index in [1.165, 1.54) is 10.4 Å². The number of hydrogen-bond acceptors (Lipinski definition) is 5. The van der Waals surface area contributed by atoms with Crippen LogP contribution in [0.2, 0.25) is 0 Å². The molecular formula is C19H20N2O2S2. The summed E-state index contributed by atoms with van der Waals surface area (Å²) < 4.78 is 5.25. The molecule has 0 fully saturated rings. The molecule has 1 amide bonds. The van der Waals surface area contributed by atoms with Gasteiger partial charge < -0.3 is 9.42 Å². The van der Waals surface area contributed by atoms with E-state index in [0.29, 0.717) is 12.3 Å². The molecule has 2 heterocycles. The third-order valence-corrected chi connectivity index (χ3v) is 5.96. The zero-order valence-electron chi connectivity index (χ0n) is 14.5. The van der Waals surface area contributed by atoms with Gasteiger partial charge in [-0.25, -0.2) is 0 Å². The van der Waals surface area contributed by atoms with Crippen molar-refractivity contribution in [2.45, 2.75) is 31.0 Å². The number of amides is 1. The van der Waals surface area contributed by atoms with Gasteiger partial charge in [-0.15, -0.1) is 23.1 Å². The number of carbonyl (C=O) groups is 1. The molecule has 25 heavy (non-hydrogen) atoms. The van der Waals surface area contributed by atoms with Crippen molar-refractivity contribution >= 4 is 29.0 Å². The molecule has 0 bridgehead atoms. The number of thiophene rings is 1. The van der Waals surface area contributed by atoms with E-state index in [4.69, 9.17) is 4.52 Å². The maximum Gasteiger partial charge on any atom is 0.255 e. The summed E-state index contributed by atoms with van der Waals surface area (Å²) in [6, 6.07) is 11.7. The monoisotopic (exact) mass is 372 g/mol. The Labute approximate surface area is 155 Å². The molecular weight excluding hydrogens is 352 g/mol. The molecule has 2 aromatic heterocycles. The lowest BCUT2D eigenvalue weighted by atomic mass is 10.2. The van der Waals surface area contributed by atoms with Crippen molar-refractivity contribution < 1.29 is 9.32 Å². The first-order valence-electron chi connectivity index (χ1n) is 7.97. The Kier molecular flexibility index (Phi) is 5.60. The fourth-order valence-electron chi connectivity index (χ4n) is 2.46. The summed E-state index contributed by atoms with van der Waals surface area (Å²) in [6.45, 7) is 4.60. The number of rotatable bonds is 6. The zero-order chi connectivity index (χ0) is 17.8. The molecule has 130 valence electrons. The highest BCUT2D eigenvalue weighted by Crippen LogP contribution is 2.28. The van der Waals surface area contributed by atoms with E-state index in [1.54, 1.807) is 28.0 Å². The second-order valence-electron chi connectivity index (χ2n) is 5.91. The normalized spacial score (nSPS) is 10.8. The van der Waals surface area contributed by atoms with E-state index in [2.05, 4.69) is 23.5 Å². The summed E-state index contributed by atoms with van der Waals surface area (Å²) in [5.74, 6) is 1.50. The lowest BCUT2D eigenvalue weighted by Gasteiger charge is -2.18. The predicted molar refractivity (Wildman–Crippen MR) is 102 cm³/mol. The zero-order valence-corrected chi connectivity index (χ0v) is 16.1. The molecule has 3 rings (SSSR count). The Hall–Kier alpha value is -2.05. The number of thioether (sulfide) groups is 1. The van der Waals surface area contributed by atoms with Crippen molar-refractivity contribution in [1.82, 2.24) is 10.1 Å². The highest BCUT2D eigenvalue weighted by atomic mass is 32.2. The third-order valence-electron chi connectivity index (χ3n) is 3.86. The number of aromatic nitrogens is 1. The molecule has 0 aliphatic carbocycles. The van der Waals surface area contributed by atoms with Crippen molar-refractivity contribution in [2.75, 3.05) is 7.05 Å². The molecule has 0 N–H and O–H groups in total. The van der Waals surface area contributed by atoms with E-state index >= 15 is 0 Å². The minimum absolute atomic E-state index is 0.0321. The number of benzene rings is 1. The fraction of sp³-hybridized carbons (Fsp3) is 0.263. The summed E-state index contributed by atoms with van der Waals surface area (Å²) in [5.41, 5.74) is 2.82. The van der Waals surface area contributed by atoms with E-state index in [0.717, 1.165) is 21.9 Å². The molecule has 4 nitrogen and oxygen atoms in total. The van der Waals surface area contributed by atoms with Gasteiger partial charge in [0, 0.05) is 22.9 Å². The first-order valence-corrected chi connectivity index (χ1v) is 9.83. The van der Waals surface area contributed by atoms with Crippen LogP contribution in [0.15, 0.2) is 51.2 Å². The maximum absolute atomic E-state index is 12.9. The highest BCUT2D eigenvalue weighted by Gasteiger charge is 2.17. The van der Waals surface area contributed by atoms with Crippen molar-refractivity contribution in [1.29, 1.82) is 0 Å². The molecule has 0 aliphatic heterocycles. The smallest absolute Gasteiger partial charge is 0.255 e. The average Bonchev–Trinajstić information content (AvgIpc) is 3.21. The highest BCUT2D eigenvalue weighted by molar-refractivity contribution is 7.98. The van der Waals surface area contributed by atoms with Crippen molar-refractivity contribution in [2.24, 2.45) is 0 Å². The Morgan fingerprint density at radius 3 is 2.76 bits per heavy atom. The second-order valence-corrected chi connectivity index (χ2v) is 7.93. The summed E-state index contributed by atoms with van der Waals surface area (Å²) in [5, 5.41) is 5.96. The van der Waals surface area contributed by atoms with E-state index in [9.17, 15) is 4.79 Å². The standard InChI is InChI=1S/C19H20N2O2S2/c1-13-8-9-24-18(13)11-21(3)19(22)16-6-4-5-7-17(16)25-12-15-10-14(2)20-23-15/h4-10H,11-12H2,1-3H3. The van der Waals surface area contributed by atoms with Crippen LogP contribution >= 0.6 is 23.1 Å². The third kappa shape index (κ3) is 4.32. The van der Waals surface area contributed by atoms with Crippen LogP contribution in [0, 0.1) is 13.8 Å². The topological polar surface area (TPSA) is 46.3 Å². The van der Waals surface area contributed by atoms with Crippen LogP contribution in [-0.2, 0) is 12.3 Å². The molecule has 0 radical (unpaired) electrons.